The summed E-state index contributed by atoms with van der Waals surface area (Å²) in [5.74, 6) is -0.981. The van der Waals surface area contributed by atoms with E-state index in [-0.39, 0.29) is 11.4 Å². The highest BCUT2D eigenvalue weighted by atomic mass is 32.2. The van der Waals surface area contributed by atoms with Crippen molar-refractivity contribution in [3.8, 4) is 0 Å². The third-order valence-corrected chi connectivity index (χ3v) is 2.40. The topological polar surface area (TPSA) is 34.4 Å². The summed E-state index contributed by atoms with van der Waals surface area (Å²) in [5, 5.41) is 0. The molecule has 0 unspecified atom stereocenters. The molecule has 6 heteroatoms. The van der Waals surface area contributed by atoms with Crippen molar-refractivity contribution in [3.05, 3.63) is 23.7 Å². The molecule has 0 radical (unpaired) electrons. The summed E-state index contributed by atoms with van der Waals surface area (Å²) in [5.41, 5.74) is 2.49. The Bertz CT molecular complexity index is 336. The lowest BCUT2D eigenvalue weighted by Crippen LogP contribution is -2.28. The molecule has 1 aromatic rings. The third-order valence-electron chi connectivity index (χ3n) is 1.69. The van der Waals surface area contributed by atoms with Crippen LogP contribution in [0.5, 0.6) is 0 Å². The van der Waals surface area contributed by atoms with Crippen molar-refractivity contribution in [2.75, 3.05) is 0 Å². The second kappa shape index (κ2) is 6.37. The van der Waals surface area contributed by atoms with Crippen LogP contribution < -0.4 is 5.48 Å². The lowest BCUT2D eigenvalue weighted by atomic mass is 10.2. The zero-order chi connectivity index (χ0) is 12.9. The highest BCUT2D eigenvalue weighted by Crippen LogP contribution is 2.21. The quantitative estimate of drug-likeness (QED) is 0.798. The maximum Gasteiger partial charge on any atom is 0.284 e. The molecule has 1 aromatic heterocycles. The van der Waals surface area contributed by atoms with Gasteiger partial charge >= 0.3 is 0 Å². The van der Waals surface area contributed by atoms with Gasteiger partial charge in [-0.2, -0.15) is 14.3 Å². The van der Waals surface area contributed by atoms with E-state index in [0.717, 1.165) is 0 Å². The van der Waals surface area contributed by atoms with Gasteiger partial charge in [0.2, 0.25) is 0 Å². The largest absolute Gasteiger partial charge is 0.464 e. The number of alkyl halides is 2. The smallest absolute Gasteiger partial charge is 0.284 e. The Kier molecular flexibility index (Phi) is 5.42. The second-order valence-electron chi connectivity index (χ2n) is 4.48. The summed E-state index contributed by atoms with van der Waals surface area (Å²) in [6.45, 7) is 6.18. The standard InChI is InChI=1S/C11H17F2NO2S/c1-11(2,3)16-14-6-8-4-5-9(15-8)7-17-10(12)13/h4-5,10,14H,6-7H2,1-3H3. The SMILES string of the molecule is CC(C)(C)ONCc1ccc(CSC(F)F)o1. The molecule has 0 saturated carbocycles. The van der Waals surface area contributed by atoms with E-state index in [1.165, 1.54) is 0 Å². The molecule has 0 amide bonds. The van der Waals surface area contributed by atoms with Crippen molar-refractivity contribution in [1.29, 1.82) is 0 Å². The molecular formula is C11H17F2NO2S. The van der Waals surface area contributed by atoms with Crippen molar-refractivity contribution < 1.29 is 18.0 Å². The first-order chi connectivity index (χ1) is 7.87. The zero-order valence-corrected chi connectivity index (χ0v) is 10.9. The van der Waals surface area contributed by atoms with Gasteiger partial charge in [0.25, 0.3) is 5.76 Å². The number of rotatable bonds is 6. The van der Waals surface area contributed by atoms with E-state index < -0.39 is 5.76 Å². The fourth-order valence-corrected chi connectivity index (χ4v) is 1.51. The molecule has 0 aliphatic heterocycles. The van der Waals surface area contributed by atoms with Crippen molar-refractivity contribution in [1.82, 2.24) is 5.48 Å². The molecule has 0 atom stereocenters. The van der Waals surface area contributed by atoms with Crippen LogP contribution >= 0.6 is 11.8 Å². The van der Waals surface area contributed by atoms with Gasteiger partial charge in [0.05, 0.1) is 17.9 Å². The van der Waals surface area contributed by atoms with E-state index in [4.69, 9.17) is 9.25 Å². The summed E-state index contributed by atoms with van der Waals surface area (Å²) in [6, 6.07) is 3.45. The Morgan fingerprint density at radius 3 is 2.59 bits per heavy atom. The average molecular weight is 265 g/mol. The third kappa shape index (κ3) is 6.65. The van der Waals surface area contributed by atoms with Gasteiger partial charge in [-0.1, -0.05) is 11.8 Å². The molecule has 98 valence electrons. The molecule has 3 nitrogen and oxygen atoms in total. The fraction of sp³-hybridized carbons (Fsp3) is 0.636. The number of hydroxylamine groups is 1. The van der Waals surface area contributed by atoms with E-state index in [1.807, 2.05) is 20.8 Å². The summed E-state index contributed by atoms with van der Waals surface area (Å²) >= 11 is 0.547. The minimum atomic E-state index is -2.37. The Morgan fingerprint density at radius 1 is 1.35 bits per heavy atom. The van der Waals surface area contributed by atoms with Crippen LogP contribution in [0.25, 0.3) is 0 Å². The Morgan fingerprint density at radius 2 is 2.00 bits per heavy atom. The molecule has 0 saturated heterocycles. The van der Waals surface area contributed by atoms with Crippen molar-refractivity contribution in [3.63, 3.8) is 0 Å². The predicted octanol–water partition coefficient (Wildman–Crippen LogP) is 3.56. The van der Waals surface area contributed by atoms with Gasteiger partial charge in [-0.15, -0.1) is 0 Å². The van der Waals surface area contributed by atoms with Gasteiger partial charge in [-0.3, -0.25) is 4.84 Å². The van der Waals surface area contributed by atoms with Gasteiger partial charge in [-0.25, -0.2) is 0 Å². The molecular weight excluding hydrogens is 248 g/mol. The van der Waals surface area contributed by atoms with Crippen LogP contribution in [0.4, 0.5) is 8.78 Å². The van der Waals surface area contributed by atoms with Gasteiger partial charge in [0.15, 0.2) is 0 Å². The van der Waals surface area contributed by atoms with E-state index in [0.29, 0.717) is 29.8 Å². The lowest BCUT2D eigenvalue weighted by molar-refractivity contribution is -0.0775. The molecule has 0 aliphatic carbocycles. The number of furan rings is 1. The Labute approximate surface area is 104 Å². The molecule has 0 bridgehead atoms. The lowest BCUT2D eigenvalue weighted by Gasteiger charge is -2.18. The zero-order valence-electron chi connectivity index (χ0n) is 10.1. The molecule has 17 heavy (non-hydrogen) atoms. The Balaban J connectivity index is 2.31. The Hall–Kier alpha value is -0.590. The van der Waals surface area contributed by atoms with Crippen LogP contribution in [-0.4, -0.2) is 11.4 Å². The fourth-order valence-electron chi connectivity index (χ4n) is 1.06. The molecule has 0 fully saturated rings. The summed E-state index contributed by atoms with van der Waals surface area (Å²) in [7, 11) is 0. The summed E-state index contributed by atoms with van der Waals surface area (Å²) in [4.78, 5) is 5.31. The minimum absolute atomic E-state index is 0.178. The number of hydrogen-bond acceptors (Lipinski definition) is 4. The maximum atomic E-state index is 12.0. The molecule has 1 N–H and O–H groups in total. The highest BCUT2D eigenvalue weighted by molar-refractivity contribution is 7.98. The van der Waals surface area contributed by atoms with E-state index in [1.54, 1.807) is 12.1 Å². The van der Waals surface area contributed by atoms with E-state index in [2.05, 4.69) is 5.48 Å². The van der Waals surface area contributed by atoms with Crippen molar-refractivity contribution >= 4 is 11.8 Å². The maximum absolute atomic E-state index is 12.0. The normalized spacial score (nSPS) is 12.4. The second-order valence-corrected chi connectivity index (χ2v) is 5.45. The number of nitrogens with one attached hydrogen (secondary N) is 1. The van der Waals surface area contributed by atoms with Crippen LogP contribution in [0.3, 0.4) is 0 Å². The van der Waals surface area contributed by atoms with E-state index >= 15 is 0 Å². The van der Waals surface area contributed by atoms with Crippen molar-refractivity contribution in [2.45, 2.75) is 44.4 Å². The molecule has 0 aliphatic rings. The monoisotopic (exact) mass is 265 g/mol. The van der Waals surface area contributed by atoms with Crippen LogP contribution in [0, 0.1) is 0 Å². The van der Waals surface area contributed by atoms with Crippen molar-refractivity contribution in [2.24, 2.45) is 0 Å². The van der Waals surface area contributed by atoms with Crippen LogP contribution in [0.1, 0.15) is 32.3 Å². The number of thioether (sulfide) groups is 1. The average Bonchev–Trinajstić information content (AvgIpc) is 2.61. The highest BCUT2D eigenvalue weighted by Gasteiger charge is 2.11. The first-order valence-electron chi connectivity index (χ1n) is 5.25. The first kappa shape index (κ1) is 14.5. The molecule has 0 aromatic carbocycles. The summed E-state index contributed by atoms with van der Waals surface area (Å²) < 4.78 is 29.3. The first-order valence-corrected chi connectivity index (χ1v) is 6.30. The molecule has 1 rings (SSSR count). The van der Waals surface area contributed by atoms with Crippen LogP contribution in [0.15, 0.2) is 16.5 Å². The molecule has 0 spiro atoms. The number of hydrogen-bond donors (Lipinski definition) is 1. The van der Waals surface area contributed by atoms with Gasteiger partial charge in [0.1, 0.15) is 11.5 Å². The van der Waals surface area contributed by atoms with Crippen LogP contribution in [-0.2, 0) is 17.1 Å². The van der Waals surface area contributed by atoms with E-state index in [9.17, 15) is 8.78 Å². The summed E-state index contributed by atoms with van der Waals surface area (Å²) in [6.07, 6.45) is 0. The number of halogens is 2. The van der Waals surface area contributed by atoms with Gasteiger partial charge in [0, 0.05) is 0 Å². The van der Waals surface area contributed by atoms with Gasteiger partial charge < -0.3 is 4.42 Å². The molecule has 1 heterocycles. The predicted molar refractivity (Wildman–Crippen MR) is 63.7 cm³/mol. The minimum Gasteiger partial charge on any atom is -0.464 e. The van der Waals surface area contributed by atoms with Gasteiger partial charge in [-0.05, 0) is 32.9 Å². The van der Waals surface area contributed by atoms with Crippen LogP contribution in [0.2, 0.25) is 0 Å².